The standard InChI is InChI=1S/C28H35F3N2O5S/c29-28(30,31)21-7-5-8-22(15-21)39(37-18-38-39)17-25(34)26(35)27(36)32-24-9-4-6-20-14-19(10-11-23(20)24)16-33-12-2-1-3-13-33/h5,7-8,10-11,14-15,24-26,34-35H,1-4,6,9,12-13,16-18H2,(H,32,36)/t24-,25-,26-/m1/s1. The third-order valence-electron chi connectivity index (χ3n) is 7.71. The summed E-state index contributed by atoms with van der Waals surface area (Å²) in [5.41, 5.74) is 2.57. The second kappa shape index (κ2) is 11.8. The molecule has 0 saturated carbocycles. The second-order valence-corrected chi connectivity index (χ2v) is 13.0. The fraction of sp³-hybridized carbons (Fsp3) is 0.536. The maximum Gasteiger partial charge on any atom is 0.416 e. The molecule has 2 aromatic carbocycles. The Labute approximate surface area is 228 Å². The minimum Gasteiger partial charge on any atom is -0.388 e. The number of benzene rings is 2. The van der Waals surface area contributed by atoms with Crippen molar-refractivity contribution in [2.45, 2.75) is 74.4 Å². The van der Waals surface area contributed by atoms with Crippen LogP contribution in [0, 0.1) is 0 Å². The van der Waals surface area contributed by atoms with Crippen molar-refractivity contribution in [3.8, 4) is 0 Å². The number of nitrogens with zero attached hydrogens (tertiary/aromatic N) is 1. The summed E-state index contributed by atoms with van der Waals surface area (Å²) >= 11 is 0. The summed E-state index contributed by atoms with van der Waals surface area (Å²) in [7, 11) is -2.73. The lowest BCUT2D eigenvalue weighted by Crippen LogP contribution is -2.47. The van der Waals surface area contributed by atoms with E-state index in [4.69, 9.17) is 8.37 Å². The number of alkyl halides is 3. The number of aryl methyl sites for hydroxylation is 1. The van der Waals surface area contributed by atoms with Gasteiger partial charge in [0.25, 0.3) is 5.91 Å². The maximum absolute atomic E-state index is 13.2. The molecular weight excluding hydrogens is 533 g/mol. The highest BCUT2D eigenvalue weighted by Gasteiger charge is 2.41. The largest absolute Gasteiger partial charge is 0.416 e. The SMILES string of the molecule is O=C(N[C@@H]1CCCc2cc(CN3CCCCC3)ccc21)[C@H](O)[C@H](O)CS1(c2cccc(C(F)(F)F)c2)OCO1. The van der Waals surface area contributed by atoms with Gasteiger partial charge in [0.2, 0.25) is 0 Å². The lowest BCUT2D eigenvalue weighted by Gasteiger charge is -2.51. The number of hydrogen-bond acceptors (Lipinski definition) is 6. The normalized spacial score (nSPS) is 23.7. The van der Waals surface area contributed by atoms with Crippen LogP contribution >= 0.6 is 10.6 Å². The zero-order chi connectivity index (χ0) is 27.6. The Morgan fingerprint density at radius 3 is 2.54 bits per heavy atom. The van der Waals surface area contributed by atoms with E-state index in [9.17, 15) is 28.2 Å². The lowest BCUT2D eigenvalue weighted by atomic mass is 9.86. The molecule has 0 bridgehead atoms. The van der Waals surface area contributed by atoms with E-state index in [1.54, 1.807) is 0 Å². The number of aliphatic hydroxyl groups is 2. The van der Waals surface area contributed by atoms with E-state index in [1.165, 1.54) is 42.5 Å². The van der Waals surface area contributed by atoms with E-state index >= 15 is 0 Å². The smallest absolute Gasteiger partial charge is 0.388 e. The molecule has 3 aliphatic rings. The number of carbonyl (C=O) groups is 1. The van der Waals surface area contributed by atoms with Gasteiger partial charge in [0.05, 0.1) is 22.3 Å². The topological polar surface area (TPSA) is 91.3 Å². The number of rotatable bonds is 8. The number of aliphatic hydroxyl groups excluding tert-OH is 2. The van der Waals surface area contributed by atoms with Crippen molar-refractivity contribution in [3.63, 3.8) is 0 Å². The van der Waals surface area contributed by atoms with E-state index in [-0.39, 0.29) is 23.5 Å². The fourth-order valence-corrected chi connectivity index (χ4v) is 7.81. The van der Waals surface area contributed by atoms with Gasteiger partial charge in [-0.05, 0) is 80.1 Å². The van der Waals surface area contributed by atoms with Crippen molar-refractivity contribution in [2.24, 2.45) is 0 Å². The first-order valence-electron chi connectivity index (χ1n) is 13.4. The quantitative estimate of drug-likeness (QED) is 0.431. The first-order chi connectivity index (χ1) is 18.6. The summed E-state index contributed by atoms with van der Waals surface area (Å²) in [4.78, 5) is 15.6. The van der Waals surface area contributed by atoms with E-state index in [1.807, 2.05) is 6.07 Å². The third kappa shape index (κ3) is 6.44. The molecule has 0 unspecified atom stereocenters. The molecule has 1 amide bonds. The average molecular weight is 569 g/mol. The van der Waals surface area contributed by atoms with Crippen molar-refractivity contribution < 1.29 is 36.5 Å². The number of fused-ring (bicyclic) bond motifs is 1. The molecule has 11 heteroatoms. The van der Waals surface area contributed by atoms with Crippen molar-refractivity contribution in [1.82, 2.24) is 10.2 Å². The number of nitrogens with one attached hydrogen (secondary N) is 1. The summed E-state index contributed by atoms with van der Waals surface area (Å²) in [5.74, 6) is -1.07. The van der Waals surface area contributed by atoms with Crippen LogP contribution in [0.5, 0.6) is 0 Å². The highest BCUT2D eigenvalue weighted by Crippen LogP contribution is 2.64. The highest BCUT2D eigenvalue weighted by molar-refractivity contribution is 8.26. The molecular formula is C28H35F3N2O5S. The molecule has 0 radical (unpaired) electrons. The van der Waals surface area contributed by atoms with Gasteiger partial charge in [0, 0.05) is 6.54 Å². The van der Waals surface area contributed by atoms with Crippen molar-refractivity contribution in [1.29, 1.82) is 0 Å². The van der Waals surface area contributed by atoms with Crippen molar-refractivity contribution in [3.05, 3.63) is 64.7 Å². The molecule has 7 nitrogen and oxygen atoms in total. The Morgan fingerprint density at radius 1 is 1.08 bits per heavy atom. The Bertz CT molecular complexity index is 1170. The van der Waals surface area contributed by atoms with Crippen LogP contribution in [0.4, 0.5) is 13.2 Å². The summed E-state index contributed by atoms with van der Waals surface area (Å²) < 4.78 is 50.7. The number of amides is 1. The number of carbonyl (C=O) groups excluding carboxylic acids is 1. The van der Waals surface area contributed by atoms with Crippen LogP contribution < -0.4 is 5.32 Å². The fourth-order valence-electron chi connectivity index (χ4n) is 5.60. The van der Waals surface area contributed by atoms with Gasteiger partial charge in [-0.25, -0.2) is 8.37 Å². The van der Waals surface area contributed by atoms with E-state index in [2.05, 4.69) is 22.3 Å². The minimum atomic E-state index is -4.55. The van der Waals surface area contributed by atoms with Crippen molar-refractivity contribution >= 4 is 16.5 Å². The van der Waals surface area contributed by atoms with Crippen LogP contribution in [0.3, 0.4) is 0 Å². The molecule has 0 aromatic heterocycles. The van der Waals surface area contributed by atoms with Gasteiger partial charge in [-0.3, -0.25) is 9.69 Å². The van der Waals surface area contributed by atoms with Gasteiger partial charge >= 0.3 is 6.18 Å². The third-order valence-corrected chi connectivity index (χ3v) is 10.4. The van der Waals surface area contributed by atoms with E-state index in [0.717, 1.165) is 50.2 Å². The van der Waals surface area contributed by atoms with E-state index in [0.29, 0.717) is 6.42 Å². The molecule has 3 atom stereocenters. The molecule has 1 aliphatic carbocycles. The van der Waals surface area contributed by atoms with Gasteiger partial charge in [0.15, 0.2) is 12.9 Å². The minimum absolute atomic E-state index is 0.136. The molecule has 2 saturated heterocycles. The lowest BCUT2D eigenvalue weighted by molar-refractivity contribution is -0.137. The zero-order valence-corrected chi connectivity index (χ0v) is 22.5. The van der Waals surface area contributed by atoms with Crippen LogP contribution in [0.1, 0.15) is 60.4 Å². The molecule has 2 aliphatic heterocycles. The Hall–Kier alpha value is -2.15. The van der Waals surface area contributed by atoms with Crippen molar-refractivity contribution in [2.75, 3.05) is 25.6 Å². The number of piperidine rings is 1. The van der Waals surface area contributed by atoms with Gasteiger partial charge in [-0.2, -0.15) is 23.8 Å². The van der Waals surface area contributed by atoms with Gasteiger partial charge in [-0.15, -0.1) is 0 Å². The van der Waals surface area contributed by atoms with Crippen LogP contribution in [0.15, 0.2) is 47.4 Å². The molecule has 5 rings (SSSR count). The molecule has 3 N–H and O–H groups in total. The average Bonchev–Trinajstić information content (AvgIpc) is 2.90. The first kappa shape index (κ1) is 28.4. The molecule has 2 heterocycles. The first-order valence-corrected chi connectivity index (χ1v) is 15.1. The number of halogens is 3. The van der Waals surface area contributed by atoms with Gasteiger partial charge < -0.3 is 15.5 Å². The summed E-state index contributed by atoms with van der Waals surface area (Å²) in [6.45, 7) is 3.00. The van der Waals surface area contributed by atoms with Gasteiger partial charge in [0.1, 0.15) is 6.10 Å². The van der Waals surface area contributed by atoms with Crippen LogP contribution in [-0.2, 0) is 32.3 Å². The number of hydrogen-bond donors (Lipinski definition) is 3. The summed E-state index contributed by atoms with van der Waals surface area (Å²) in [5, 5.41) is 24.2. The molecule has 214 valence electrons. The summed E-state index contributed by atoms with van der Waals surface area (Å²) in [6, 6.07) is 10.6. The molecule has 0 spiro atoms. The zero-order valence-electron chi connectivity index (χ0n) is 21.7. The predicted molar refractivity (Wildman–Crippen MR) is 141 cm³/mol. The van der Waals surface area contributed by atoms with E-state index < -0.39 is 40.4 Å². The van der Waals surface area contributed by atoms with Crippen LogP contribution in [0.25, 0.3) is 0 Å². The molecule has 2 aromatic rings. The molecule has 39 heavy (non-hydrogen) atoms. The van der Waals surface area contributed by atoms with Crippen LogP contribution in [0.2, 0.25) is 0 Å². The second-order valence-electron chi connectivity index (χ2n) is 10.5. The highest BCUT2D eigenvalue weighted by atomic mass is 32.3. The Kier molecular flexibility index (Phi) is 8.56. The monoisotopic (exact) mass is 568 g/mol. The Morgan fingerprint density at radius 2 is 1.85 bits per heavy atom. The number of likely N-dealkylation sites (tertiary alicyclic amines) is 1. The Balaban J connectivity index is 1.23. The van der Waals surface area contributed by atoms with Gasteiger partial charge in [-0.1, -0.05) is 30.7 Å². The molecule has 2 fully saturated rings. The maximum atomic E-state index is 13.2. The predicted octanol–water partition coefficient (Wildman–Crippen LogP) is 4.60. The van der Waals surface area contributed by atoms with Crippen LogP contribution in [-0.4, -0.2) is 58.9 Å². The summed E-state index contributed by atoms with van der Waals surface area (Å²) in [6.07, 6.45) is -1.69.